The van der Waals surface area contributed by atoms with Crippen molar-refractivity contribution in [2.45, 2.75) is 89.1 Å². The van der Waals surface area contributed by atoms with E-state index in [4.69, 9.17) is 25.7 Å². The van der Waals surface area contributed by atoms with Crippen LogP contribution in [0.1, 0.15) is 71.9 Å². The van der Waals surface area contributed by atoms with E-state index in [2.05, 4.69) is 0 Å². The van der Waals surface area contributed by atoms with E-state index >= 15 is 0 Å². The van der Waals surface area contributed by atoms with Crippen LogP contribution in [0.5, 0.6) is 11.5 Å². The van der Waals surface area contributed by atoms with Gasteiger partial charge < -0.3 is 30.8 Å². The van der Waals surface area contributed by atoms with Crippen LogP contribution in [-0.2, 0) is 57.6 Å². The lowest BCUT2D eigenvalue weighted by molar-refractivity contribution is -0.150. The maximum absolute atomic E-state index is 12.3. The monoisotopic (exact) mass is 524 g/mol. The van der Waals surface area contributed by atoms with Crippen LogP contribution in [0.3, 0.4) is 0 Å². The molecule has 2 aromatic rings. The SMILES string of the molecule is COC(=O)CCCCc1cc(OCOC(=O)CCCCc2ccc(O)c3c2CC(N)C3)cc2c1CC(N)C2. The minimum Gasteiger partial charge on any atom is -0.508 e. The number of rotatable bonds is 13. The molecule has 0 saturated heterocycles. The number of aromatic hydroxyl groups is 1. The van der Waals surface area contributed by atoms with E-state index in [9.17, 15) is 14.7 Å². The predicted molar refractivity (Wildman–Crippen MR) is 144 cm³/mol. The zero-order chi connectivity index (χ0) is 27.1. The molecule has 4 rings (SSSR count). The van der Waals surface area contributed by atoms with Gasteiger partial charge in [-0.15, -0.1) is 0 Å². The molecular formula is C30H40N2O6. The number of esters is 2. The lowest BCUT2D eigenvalue weighted by Gasteiger charge is -2.13. The van der Waals surface area contributed by atoms with Crippen LogP contribution < -0.4 is 16.2 Å². The van der Waals surface area contributed by atoms with Crippen LogP contribution in [0.2, 0.25) is 0 Å². The van der Waals surface area contributed by atoms with Gasteiger partial charge in [-0.05, 0) is 116 Å². The number of phenolic OH excluding ortho intramolecular Hbond substituents is 1. The molecule has 5 N–H and O–H groups in total. The maximum atomic E-state index is 12.3. The van der Waals surface area contributed by atoms with Crippen LogP contribution in [0.4, 0.5) is 0 Å². The third kappa shape index (κ3) is 7.26. The molecule has 8 nitrogen and oxygen atoms in total. The van der Waals surface area contributed by atoms with Crippen molar-refractivity contribution in [2.24, 2.45) is 11.5 Å². The van der Waals surface area contributed by atoms with Crippen LogP contribution in [0.25, 0.3) is 0 Å². The molecule has 0 aliphatic heterocycles. The number of ether oxygens (including phenoxy) is 3. The molecule has 2 aliphatic carbocycles. The summed E-state index contributed by atoms with van der Waals surface area (Å²) in [6, 6.07) is 7.89. The normalized spacial score (nSPS) is 17.7. The minimum atomic E-state index is -0.283. The fourth-order valence-electron chi connectivity index (χ4n) is 5.68. The van der Waals surface area contributed by atoms with Crippen molar-refractivity contribution in [3.63, 3.8) is 0 Å². The van der Waals surface area contributed by atoms with Crippen LogP contribution >= 0.6 is 0 Å². The second-order valence-corrected chi connectivity index (χ2v) is 10.5. The van der Waals surface area contributed by atoms with Crippen LogP contribution in [0.15, 0.2) is 24.3 Å². The molecule has 0 heterocycles. The van der Waals surface area contributed by atoms with E-state index in [1.807, 2.05) is 18.2 Å². The van der Waals surface area contributed by atoms with Gasteiger partial charge in [0, 0.05) is 24.9 Å². The van der Waals surface area contributed by atoms with E-state index in [-0.39, 0.29) is 30.8 Å². The van der Waals surface area contributed by atoms with Gasteiger partial charge in [-0.2, -0.15) is 0 Å². The third-order valence-electron chi connectivity index (χ3n) is 7.62. The maximum Gasteiger partial charge on any atom is 0.308 e. The van der Waals surface area contributed by atoms with Crippen LogP contribution in [-0.4, -0.2) is 43.0 Å². The van der Waals surface area contributed by atoms with Crippen molar-refractivity contribution in [1.29, 1.82) is 0 Å². The molecule has 0 radical (unpaired) electrons. The average molecular weight is 525 g/mol. The number of benzene rings is 2. The number of nitrogens with two attached hydrogens (primary N) is 2. The minimum absolute atomic E-state index is 0.0667. The molecule has 38 heavy (non-hydrogen) atoms. The Labute approximate surface area is 224 Å². The standard InChI is InChI=1S/C30H40N2O6/c1-36-29(34)8-4-3-7-20-13-24(14-21-12-22(31)15-25(20)21)37-18-38-30(35)9-5-2-6-19-10-11-28(33)27-17-23(32)16-26(19)27/h10-11,13-14,22-23,33H,2-9,12,15-18,31-32H2,1H3. The fraction of sp³-hybridized carbons (Fsp3) is 0.533. The highest BCUT2D eigenvalue weighted by Crippen LogP contribution is 2.33. The quantitative estimate of drug-likeness (QED) is 0.206. The second kappa shape index (κ2) is 13.1. The largest absolute Gasteiger partial charge is 0.508 e. The van der Waals surface area contributed by atoms with Gasteiger partial charge in [0.15, 0.2) is 0 Å². The number of hydrogen-bond acceptors (Lipinski definition) is 8. The lowest BCUT2D eigenvalue weighted by Crippen LogP contribution is -2.19. The molecule has 2 atom stereocenters. The molecule has 2 unspecified atom stereocenters. The molecule has 0 spiro atoms. The first-order chi connectivity index (χ1) is 18.3. The summed E-state index contributed by atoms with van der Waals surface area (Å²) in [7, 11) is 1.41. The van der Waals surface area contributed by atoms with Gasteiger partial charge in [0.2, 0.25) is 6.79 Å². The second-order valence-electron chi connectivity index (χ2n) is 10.5. The Balaban J connectivity index is 1.20. The molecule has 0 fully saturated rings. The summed E-state index contributed by atoms with van der Waals surface area (Å²) in [5.41, 5.74) is 19.3. The van der Waals surface area contributed by atoms with Gasteiger partial charge in [0.1, 0.15) is 11.5 Å². The van der Waals surface area contributed by atoms with E-state index in [1.54, 1.807) is 6.07 Å². The highest BCUT2D eigenvalue weighted by Gasteiger charge is 2.24. The Morgan fingerprint density at radius 2 is 1.50 bits per heavy atom. The highest BCUT2D eigenvalue weighted by molar-refractivity contribution is 5.69. The summed E-state index contributed by atoms with van der Waals surface area (Å²) >= 11 is 0. The number of methoxy groups -OCH3 is 1. The molecule has 206 valence electrons. The molecule has 0 bridgehead atoms. The number of carbonyl (C=O) groups is 2. The van der Waals surface area contributed by atoms with Gasteiger partial charge >= 0.3 is 11.9 Å². The topological polar surface area (TPSA) is 134 Å². The van der Waals surface area contributed by atoms with Crippen molar-refractivity contribution in [3.8, 4) is 11.5 Å². The van der Waals surface area contributed by atoms with Crippen molar-refractivity contribution < 1.29 is 28.9 Å². The van der Waals surface area contributed by atoms with E-state index in [0.29, 0.717) is 30.8 Å². The van der Waals surface area contributed by atoms with E-state index in [1.165, 1.54) is 34.9 Å². The summed E-state index contributed by atoms with van der Waals surface area (Å²) in [5.74, 6) is 0.532. The van der Waals surface area contributed by atoms with Crippen molar-refractivity contribution in [1.82, 2.24) is 0 Å². The number of hydrogen-bond donors (Lipinski definition) is 3. The molecular weight excluding hydrogens is 484 g/mol. The first-order valence-corrected chi connectivity index (χ1v) is 13.7. The number of carbonyl (C=O) groups excluding carboxylic acids is 2. The Morgan fingerprint density at radius 1 is 0.842 bits per heavy atom. The number of fused-ring (bicyclic) bond motifs is 2. The molecule has 0 saturated carbocycles. The molecule has 0 amide bonds. The van der Waals surface area contributed by atoms with Gasteiger partial charge in [-0.1, -0.05) is 6.07 Å². The summed E-state index contributed by atoms with van der Waals surface area (Å²) < 4.78 is 15.8. The summed E-state index contributed by atoms with van der Waals surface area (Å²) in [6.07, 6.45) is 8.78. The Kier molecular flexibility index (Phi) is 9.63. The Hall–Kier alpha value is -3.10. The van der Waals surface area contributed by atoms with E-state index < -0.39 is 0 Å². The van der Waals surface area contributed by atoms with Crippen molar-refractivity contribution in [3.05, 3.63) is 57.6 Å². The fourth-order valence-corrected chi connectivity index (χ4v) is 5.68. The summed E-state index contributed by atoms with van der Waals surface area (Å²) in [6.45, 7) is -0.130. The first kappa shape index (κ1) is 27.9. The van der Waals surface area contributed by atoms with Gasteiger partial charge in [0.25, 0.3) is 0 Å². The van der Waals surface area contributed by atoms with Gasteiger partial charge in [0.05, 0.1) is 7.11 Å². The lowest BCUT2D eigenvalue weighted by atomic mass is 9.97. The smallest absolute Gasteiger partial charge is 0.308 e. The molecule has 8 heteroatoms. The molecule has 2 aliphatic rings. The highest BCUT2D eigenvalue weighted by atomic mass is 16.7. The summed E-state index contributed by atoms with van der Waals surface area (Å²) in [4.78, 5) is 23.6. The van der Waals surface area contributed by atoms with Crippen molar-refractivity contribution >= 4 is 11.9 Å². The number of phenols is 1. The molecule has 0 aromatic heterocycles. The third-order valence-corrected chi connectivity index (χ3v) is 7.62. The van der Waals surface area contributed by atoms with Gasteiger partial charge in [-0.3, -0.25) is 9.59 Å². The predicted octanol–water partition coefficient (Wildman–Crippen LogP) is 3.42. The van der Waals surface area contributed by atoms with Gasteiger partial charge in [-0.25, -0.2) is 0 Å². The summed E-state index contributed by atoms with van der Waals surface area (Å²) in [5, 5.41) is 10.1. The van der Waals surface area contributed by atoms with Crippen molar-refractivity contribution in [2.75, 3.05) is 13.9 Å². The molecule has 2 aromatic carbocycles. The average Bonchev–Trinajstić information content (AvgIpc) is 3.47. The zero-order valence-electron chi connectivity index (χ0n) is 22.3. The number of unbranched alkanes of at least 4 members (excludes halogenated alkanes) is 2. The Morgan fingerprint density at radius 3 is 2.26 bits per heavy atom. The first-order valence-electron chi connectivity index (χ1n) is 13.7. The van der Waals surface area contributed by atoms with Crippen LogP contribution in [0, 0.1) is 0 Å². The van der Waals surface area contributed by atoms with E-state index in [0.717, 1.165) is 63.4 Å². The zero-order valence-corrected chi connectivity index (χ0v) is 22.3. The number of aryl methyl sites for hydroxylation is 2. The Bertz CT molecular complexity index is 1150.